The number of aromatic nitrogens is 1. The number of hydrogen-bond acceptors (Lipinski definition) is 5. The largest absolute Gasteiger partial charge is 0.417 e. The maximum atomic E-state index is 12.5. The van der Waals surface area contributed by atoms with Crippen molar-refractivity contribution in [1.82, 2.24) is 4.98 Å². The zero-order chi connectivity index (χ0) is 16.5. The zero-order valence-corrected chi connectivity index (χ0v) is 13.0. The van der Waals surface area contributed by atoms with Crippen LogP contribution in [0.2, 0.25) is 0 Å². The second-order valence-electron chi connectivity index (χ2n) is 5.45. The van der Waals surface area contributed by atoms with Gasteiger partial charge in [-0.2, -0.15) is 21.6 Å². The van der Waals surface area contributed by atoms with Crippen LogP contribution in [0, 0.1) is 5.92 Å². The summed E-state index contributed by atoms with van der Waals surface area (Å²) >= 11 is 0. The van der Waals surface area contributed by atoms with E-state index in [1.807, 2.05) is 11.8 Å². The molecular formula is C13H17F3N2O3S. The lowest BCUT2D eigenvalue weighted by molar-refractivity contribution is -0.137. The number of hydrogen-bond donors (Lipinski definition) is 0. The molecule has 1 aliphatic rings. The van der Waals surface area contributed by atoms with Crippen LogP contribution in [0.15, 0.2) is 18.3 Å². The minimum absolute atomic E-state index is 0.0763. The van der Waals surface area contributed by atoms with E-state index in [0.29, 0.717) is 25.3 Å². The monoisotopic (exact) mass is 338 g/mol. The molecule has 0 amide bonds. The Morgan fingerprint density at radius 3 is 2.50 bits per heavy atom. The molecule has 0 bridgehead atoms. The highest BCUT2D eigenvalue weighted by Gasteiger charge is 2.32. The molecule has 1 fully saturated rings. The summed E-state index contributed by atoms with van der Waals surface area (Å²) in [7, 11) is -3.52. The summed E-state index contributed by atoms with van der Waals surface area (Å²) in [5.74, 6) is 0.366. The lowest BCUT2D eigenvalue weighted by Crippen LogP contribution is -2.44. The van der Waals surface area contributed by atoms with Crippen LogP contribution in [0.1, 0.15) is 18.9 Å². The van der Waals surface area contributed by atoms with Crippen molar-refractivity contribution in [1.29, 1.82) is 0 Å². The van der Waals surface area contributed by atoms with E-state index in [4.69, 9.17) is 4.18 Å². The second kappa shape index (κ2) is 6.04. The Morgan fingerprint density at radius 2 is 2.05 bits per heavy atom. The van der Waals surface area contributed by atoms with Crippen LogP contribution >= 0.6 is 0 Å². The summed E-state index contributed by atoms with van der Waals surface area (Å²) in [6.45, 7) is 2.79. The number of anilines is 1. The van der Waals surface area contributed by atoms with Crippen LogP contribution in [0.25, 0.3) is 0 Å². The average molecular weight is 338 g/mol. The highest BCUT2D eigenvalue weighted by Crippen LogP contribution is 2.30. The number of nitrogens with zero attached hydrogens (tertiary/aromatic N) is 2. The molecule has 5 nitrogen and oxygen atoms in total. The maximum Gasteiger partial charge on any atom is 0.417 e. The van der Waals surface area contributed by atoms with Gasteiger partial charge >= 0.3 is 6.18 Å². The van der Waals surface area contributed by atoms with E-state index >= 15 is 0 Å². The third-order valence-corrected chi connectivity index (χ3v) is 4.12. The van der Waals surface area contributed by atoms with Gasteiger partial charge in [-0.3, -0.25) is 4.18 Å². The van der Waals surface area contributed by atoms with Crippen molar-refractivity contribution in [2.75, 3.05) is 24.2 Å². The Labute approximate surface area is 127 Å². The molecule has 0 radical (unpaired) electrons. The normalized spacial score (nSPS) is 23.6. The Kier molecular flexibility index (Phi) is 4.67. The number of pyridine rings is 1. The molecule has 1 aromatic heterocycles. The van der Waals surface area contributed by atoms with E-state index in [0.717, 1.165) is 18.5 Å². The summed E-state index contributed by atoms with van der Waals surface area (Å²) in [5.41, 5.74) is -0.792. The fraction of sp³-hybridized carbons (Fsp3) is 0.615. The highest BCUT2D eigenvalue weighted by molar-refractivity contribution is 7.86. The summed E-state index contributed by atoms with van der Waals surface area (Å²) < 4.78 is 64.9. The Balaban J connectivity index is 2.04. The molecule has 2 rings (SSSR count). The number of rotatable bonds is 3. The van der Waals surface area contributed by atoms with Crippen molar-refractivity contribution >= 4 is 15.9 Å². The smallest absolute Gasteiger partial charge is 0.356 e. The molecule has 2 heterocycles. The van der Waals surface area contributed by atoms with Gasteiger partial charge in [-0.15, -0.1) is 0 Å². The van der Waals surface area contributed by atoms with Gasteiger partial charge in [0, 0.05) is 25.2 Å². The van der Waals surface area contributed by atoms with Gasteiger partial charge in [-0.25, -0.2) is 4.98 Å². The molecule has 1 aromatic rings. The van der Waals surface area contributed by atoms with Gasteiger partial charge in [0.25, 0.3) is 10.1 Å². The SMILES string of the molecule is C[C@@H]1CN(c2ccc(C(F)(F)F)cn2)CC[C@H]1OS(C)(=O)=O. The van der Waals surface area contributed by atoms with Crippen LogP contribution in [-0.2, 0) is 20.5 Å². The molecule has 0 aliphatic carbocycles. The summed E-state index contributed by atoms with van der Waals surface area (Å²) in [5, 5.41) is 0. The third kappa shape index (κ3) is 4.33. The maximum absolute atomic E-state index is 12.5. The predicted molar refractivity (Wildman–Crippen MR) is 74.9 cm³/mol. The Bertz CT molecular complexity index is 616. The summed E-state index contributed by atoms with van der Waals surface area (Å²) in [6.07, 6.45) is -2.55. The first-order valence-electron chi connectivity index (χ1n) is 6.73. The van der Waals surface area contributed by atoms with E-state index in [-0.39, 0.29) is 5.92 Å². The quantitative estimate of drug-likeness (QED) is 0.792. The van der Waals surface area contributed by atoms with Crippen molar-refractivity contribution in [3.63, 3.8) is 0 Å². The van der Waals surface area contributed by atoms with E-state index in [1.54, 1.807) is 0 Å². The predicted octanol–water partition coefficient (Wildman–Crippen LogP) is 2.29. The van der Waals surface area contributed by atoms with E-state index in [9.17, 15) is 21.6 Å². The van der Waals surface area contributed by atoms with E-state index in [2.05, 4.69) is 4.98 Å². The topological polar surface area (TPSA) is 59.5 Å². The van der Waals surface area contributed by atoms with Crippen molar-refractivity contribution < 1.29 is 25.8 Å². The minimum atomic E-state index is -4.41. The van der Waals surface area contributed by atoms with Crippen LogP contribution in [0.3, 0.4) is 0 Å². The first-order valence-corrected chi connectivity index (χ1v) is 8.54. The lowest BCUT2D eigenvalue weighted by Gasteiger charge is -2.36. The fourth-order valence-electron chi connectivity index (χ4n) is 2.44. The molecule has 124 valence electrons. The van der Waals surface area contributed by atoms with Crippen LogP contribution in [0.5, 0.6) is 0 Å². The Hall–Kier alpha value is -1.35. The van der Waals surface area contributed by atoms with Crippen LogP contribution < -0.4 is 4.90 Å². The van der Waals surface area contributed by atoms with Gasteiger partial charge in [0.05, 0.1) is 17.9 Å². The van der Waals surface area contributed by atoms with E-state index in [1.165, 1.54) is 6.07 Å². The van der Waals surface area contributed by atoms with Gasteiger partial charge in [0.1, 0.15) is 5.82 Å². The van der Waals surface area contributed by atoms with Gasteiger partial charge in [0.2, 0.25) is 0 Å². The molecule has 9 heteroatoms. The first kappa shape index (κ1) is 17.0. The lowest BCUT2D eigenvalue weighted by atomic mass is 9.97. The molecular weight excluding hydrogens is 321 g/mol. The molecule has 0 spiro atoms. The standard InChI is InChI=1S/C13H17F3N2O3S/c1-9-8-18(6-5-11(9)21-22(2,19)20)12-4-3-10(7-17-12)13(14,15)16/h3-4,7,9,11H,5-6,8H2,1-2H3/t9-,11-/m1/s1. The molecule has 0 unspecified atom stereocenters. The molecule has 1 saturated heterocycles. The molecule has 0 saturated carbocycles. The van der Waals surface area contributed by atoms with E-state index < -0.39 is 28.0 Å². The van der Waals surface area contributed by atoms with Crippen molar-refractivity contribution in [3.05, 3.63) is 23.9 Å². The Morgan fingerprint density at radius 1 is 1.36 bits per heavy atom. The molecule has 22 heavy (non-hydrogen) atoms. The molecule has 0 aromatic carbocycles. The number of alkyl halides is 3. The fourth-order valence-corrected chi connectivity index (χ4v) is 3.18. The van der Waals surface area contributed by atoms with Crippen LogP contribution in [0.4, 0.5) is 19.0 Å². The van der Waals surface area contributed by atoms with Gasteiger partial charge in [0.15, 0.2) is 0 Å². The second-order valence-corrected chi connectivity index (χ2v) is 7.05. The zero-order valence-electron chi connectivity index (χ0n) is 12.2. The van der Waals surface area contributed by atoms with Crippen molar-refractivity contribution in [2.45, 2.75) is 25.6 Å². The molecule has 0 N–H and O–H groups in total. The van der Waals surface area contributed by atoms with Crippen molar-refractivity contribution in [2.24, 2.45) is 5.92 Å². The van der Waals surface area contributed by atoms with Gasteiger partial charge < -0.3 is 4.90 Å². The summed E-state index contributed by atoms with van der Waals surface area (Å²) in [4.78, 5) is 5.68. The van der Waals surface area contributed by atoms with Gasteiger partial charge in [-0.1, -0.05) is 6.92 Å². The average Bonchev–Trinajstić information content (AvgIpc) is 2.39. The number of halogens is 3. The molecule has 2 atom stereocenters. The first-order chi connectivity index (χ1) is 10.1. The van der Waals surface area contributed by atoms with Crippen molar-refractivity contribution in [3.8, 4) is 0 Å². The molecule has 1 aliphatic heterocycles. The van der Waals surface area contributed by atoms with Crippen LogP contribution in [-0.4, -0.2) is 38.9 Å². The third-order valence-electron chi connectivity index (χ3n) is 3.52. The van der Waals surface area contributed by atoms with Gasteiger partial charge in [-0.05, 0) is 18.6 Å². The minimum Gasteiger partial charge on any atom is -0.356 e. The summed E-state index contributed by atoms with van der Waals surface area (Å²) in [6, 6.07) is 2.32. The highest BCUT2D eigenvalue weighted by atomic mass is 32.2. The number of piperidine rings is 1.